The molecule has 1 aromatic rings. The van der Waals surface area contributed by atoms with Crippen molar-refractivity contribution in [3.63, 3.8) is 0 Å². The van der Waals surface area contributed by atoms with Crippen molar-refractivity contribution in [2.45, 2.75) is 6.61 Å². The lowest BCUT2D eigenvalue weighted by Crippen LogP contribution is -2.06. The monoisotopic (exact) mass is 293 g/mol. The molecule has 108 valence electrons. The van der Waals surface area contributed by atoms with Crippen LogP contribution in [0.5, 0.6) is 0 Å². The maximum Gasteiger partial charge on any atom is 0.277 e. The Morgan fingerprint density at radius 2 is 2.09 bits per heavy atom. The molecule has 7 nitrogen and oxygen atoms in total. The molecule has 0 bridgehead atoms. The van der Waals surface area contributed by atoms with Crippen LogP contribution in [-0.4, -0.2) is 24.0 Å². The Hall–Kier alpha value is -3.22. The predicted octanol–water partition coefficient (Wildman–Crippen LogP) is 2.68. The Morgan fingerprint density at radius 1 is 1.18 bits per heavy atom. The Balaban J connectivity index is 1.98. The molecule has 0 saturated carbocycles. The van der Waals surface area contributed by atoms with Crippen LogP contribution in [0.1, 0.15) is 15.9 Å². The molecule has 1 amide bonds. The molecule has 0 fully saturated rings. The van der Waals surface area contributed by atoms with Crippen molar-refractivity contribution >= 4 is 24.0 Å². The number of amides is 1. The summed E-state index contributed by atoms with van der Waals surface area (Å²) < 4.78 is 5.36. The maximum atomic E-state index is 12.2. The van der Waals surface area contributed by atoms with E-state index in [0.29, 0.717) is 17.0 Å². The molecule has 0 radical (unpaired) electrons. The average Bonchev–Trinajstić information content (AvgIpc) is 2.99. The maximum absolute atomic E-state index is 12.2. The van der Waals surface area contributed by atoms with Gasteiger partial charge in [-0.15, -0.1) is 10.2 Å². The van der Waals surface area contributed by atoms with E-state index in [4.69, 9.17) is 4.74 Å². The molecule has 0 spiro atoms. The summed E-state index contributed by atoms with van der Waals surface area (Å²) in [5.41, 5.74) is 2.12. The normalized spacial score (nSPS) is 17.2. The second-order valence-corrected chi connectivity index (χ2v) is 4.34. The lowest BCUT2D eigenvalue weighted by atomic mass is 10.1. The second-order valence-electron chi connectivity index (χ2n) is 4.34. The zero-order valence-electron chi connectivity index (χ0n) is 11.5. The lowest BCUT2D eigenvalue weighted by molar-refractivity contribution is 0.1000. The molecule has 0 N–H and O–H groups in total. The number of nitrogens with zero attached hydrogens (tertiary/aromatic N) is 5. The molecule has 2 heterocycles. The number of carbonyl (C=O) groups is 1. The first-order valence-electron chi connectivity index (χ1n) is 6.50. The van der Waals surface area contributed by atoms with Gasteiger partial charge in [-0.1, -0.05) is 18.2 Å². The number of hydrogen-bond acceptors (Lipinski definition) is 6. The molecule has 0 atom stereocenters. The highest BCUT2D eigenvalue weighted by Gasteiger charge is 2.13. The summed E-state index contributed by atoms with van der Waals surface area (Å²) in [6.45, 7) is 0.260. The number of hydrogen-bond donors (Lipinski definition) is 0. The Bertz CT molecular complexity index is 772. The first-order valence-corrected chi connectivity index (χ1v) is 6.50. The van der Waals surface area contributed by atoms with E-state index >= 15 is 0 Å². The molecular weight excluding hydrogens is 282 g/mol. The zero-order valence-corrected chi connectivity index (χ0v) is 11.5. The largest absolute Gasteiger partial charge is 0.495 e. The zero-order chi connectivity index (χ0) is 15.2. The molecule has 0 saturated heterocycles. The summed E-state index contributed by atoms with van der Waals surface area (Å²) in [7, 11) is 0. The number of aliphatic imine (C=N–C) groups is 2. The van der Waals surface area contributed by atoms with E-state index in [-0.39, 0.29) is 12.5 Å². The van der Waals surface area contributed by atoms with Gasteiger partial charge in [0, 0.05) is 17.3 Å². The summed E-state index contributed by atoms with van der Waals surface area (Å²) >= 11 is 0. The fourth-order valence-corrected chi connectivity index (χ4v) is 1.86. The van der Waals surface area contributed by atoms with Gasteiger partial charge >= 0.3 is 0 Å². The van der Waals surface area contributed by atoms with Crippen molar-refractivity contribution in [2.75, 3.05) is 0 Å². The summed E-state index contributed by atoms with van der Waals surface area (Å²) in [6.07, 6.45) is 7.46. The average molecular weight is 293 g/mol. The lowest BCUT2D eigenvalue weighted by Gasteiger charge is -2.05. The highest BCUT2D eigenvalue weighted by molar-refractivity contribution is 6.40. The third-order valence-corrected chi connectivity index (χ3v) is 2.92. The van der Waals surface area contributed by atoms with Gasteiger partial charge in [0.1, 0.15) is 24.3 Å². The van der Waals surface area contributed by atoms with Gasteiger partial charge in [-0.2, -0.15) is 0 Å². The van der Waals surface area contributed by atoms with Crippen LogP contribution in [0, 0.1) is 0 Å². The SMILES string of the molecule is O=C1N=CC2=NN=NC2=CC=NC=COCc2ccccc21. The summed E-state index contributed by atoms with van der Waals surface area (Å²) in [6, 6.07) is 7.13. The number of ether oxygens (including phenoxy) is 1. The Morgan fingerprint density at radius 3 is 3.05 bits per heavy atom. The van der Waals surface area contributed by atoms with E-state index in [1.165, 1.54) is 24.9 Å². The van der Waals surface area contributed by atoms with Crippen LogP contribution in [0.3, 0.4) is 0 Å². The minimum atomic E-state index is -0.372. The fourth-order valence-electron chi connectivity index (χ4n) is 1.86. The van der Waals surface area contributed by atoms with Gasteiger partial charge in [0.25, 0.3) is 5.91 Å². The standard InChI is InChI=1S/C15H11N5O2/c21-15-12-4-2-1-3-11(12)10-22-8-7-16-6-5-13-14(9-17-15)19-20-18-13/h1-9H,10H2. The fraction of sp³-hybridized carbons (Fsp3) is 0.0667. The summed E-state index contributed by atoms with van der Waals surface area (Å²) in [5.74, 6) is -0.372. The third-order valence-electron chi connectivity index (χ3n) is 2.92. The van der Waals surface area contributed by atoms with Crippen molar-refractivity contribution in [3.8, 4) is 0 Å². The van der Waals surface area contributed by atoms with Crippen molar-refractivity contribution in [2.24, 2.45) is 25.4 Å². The van der Waals surface area contributed by atoms with E-state index in [0.717, 1.165) is 5.56 Å². The van der Waals surface area contributed by atoms with Crippen LogP contribution in [0.25, 0.3) is 0 Å². The minimum Gasteiger partial charge on any atom is -0.495 e. The summed E-state index contributed by atoms with van der Waals surface area (Å²) in [4.78, 5) is 20.2. The highest BCUT2D eigenvalue weighted by atomic mass is 16.5. The van der Waals surface area contributed by atoms with Gasteiger partial charge in [-0.25, -0.2) is 4.99 Å². The number of allylic oxidation sites excluding steroid dienone is 2. The molecule has 2 aliphatic rings. The molecule has 7 heteroatoms. The molecule has 22 heavy (non-hydrogen) atoms. The molecule has 3 rings (SSSR count). The highest BCUT2D eigenvalue weighted by Crippen LogP contribution is 2.13. The second kappa shape index (κ2) is 6.49. The van der Waals surface area contributed by atoms with E-state index in [1.807, 2.05) is 12.1 Å². The van der Waals surface area contributed by atoms with Crippen molar-refractivity contribution < 1.29 is 9.53 Å². The number of benzene rings is 1. The predicted molar refractivity (Wildman–Crippen MR) is 82.1 cm³/mol. The van der Waals surface area contributed by atoms with Gasteiger partial charge in [-0.05, 0) is 17.4 Å². The van der Waals surface area contributed by atoms with Crippen molar-refractivity contribution in [1.82, 2.24) is 0 Å². The first-order chi connectivity index (χ1) is 10.8. The van der Waals surface area contributed by atoms with Gasteiger partial charge in [-0.3, -0.25) is 9.79 Å². The van der Waals surface area contributed by atoms with Gasteiger partial charge in [0.2, 0.25) is 0 Å². The number of carbonyl (C=O) groups excluding carboxylic acids is 1. The third kappa shape index (κ3) is 3.09. The Labute approximate surface area is 126 Å². The van der Waals surface area contributed by atoms with E-state index in [1.54, 1.807) is 18.2 Å². The van der Waals surface area contributed by atoms with Crippen LogP contribution >= 0.6 is 0 Å². The van der Waals surface area contributed by atoms with Crippen LogP contribution in [0.2, 0.25) is 0 Å². The van der Waals surface area contributed by atoms with E-state index in [2.05, 4.69) is 25.4 Å². The molecule has 2 aliphatic heterocycles. The molecule has 0 unspecified atom stereocenters. The Kier molecular flexibility index (Phi) is 4.05. The minimum absolute atomic E-state index is 0.260. The quantitative estimate of drug-likeness (QED) is 0.736. The van der Waals surface area contributed by atoms with Crippen LogP contribution < -0.4 is 0 Å². The van der Waals surface area contributed by atoms with E-state index in [9.17, 15) is 4.79 Å². The number of rotatable bonds is 0. The van der Waals surface area contributed by atoms with Crippen molar-refractivity contribution in [3.05, 3.63) is 59.6 Å². The van der Waals surface area contributed by atoms with Crippen molar-refractivity contribution in [1.29, 1.82) is 0 Å². The van der Waals surface area contributed by atoms with Gasteiger partial charge in [0.15, 0.2) is 0 Å². The van der Waals surface area contributed by atoms with E-state index < -0.39 is 0 Å². The summed E-state index contributed by atoms with van der Waals surface area (Å²) in [5, 5.41) is 11.2. The number of fused-ring (bicyclic) bond motifs is 2. The molecule has 1 aromatic carbocycles. The smallest absolute Gasteiger partial charge is 0.277 e. The van der Waals surface area contributed by atoms with Crippen LogP contribution in [-0.2, 0) is 11.3 Å². The van der Waals surface area contributed by atoms with Crippen LogP contribution in [0.4, 0.5) is 0 Å². The van der Waals surface area contributed by atoms with Gasteiger partial charge < -0.3 is 4.74 Å². The first kappa shape index (κ1) is 13.7. The molecular formula is C15H11N5O2. The molecule has 0 aromatic heterocycles. The van der Waals surface area contributed by atoms with Crippen LogP contribution in [0.15, 0.2) is 73.9 Å². The topological polar surface area (TPSA) is 88.1 Å². The van der Waals surface area contributed by atoms with Gasteiger partial charge in [0.05, 0.1) is 12.4 Å². The molecule has 0 aliphatic carbocycles.